The minimum absolute atomic E-state index is 0.00915. The summed E-state index contributed by atoms with van der Waals surface area (Å²) in [6.45, 7) is 1.89. The monoisotopic (exact) mass is 283 g/mol. The van der Waals surface area contributed by atoms with Crippen LogP contribution in [0.25, 0.3) is 11.3 Å². The van der Waals surface area contributed by atoms with Crippen molar-refractivity contribution in [2.45, 2.75) is 19.8 Å². The van der Waals surface area contributed by atoms with Crippen LogP contribution in [-0.2, 0) is 6.42 Å². The number of halogens is 2. The van der Waals surface area contributed by atoms with Gasteiger partial charge in [-0.1, -0.05) is 23.7 Å². The average molecular weight is 284 g/mol. The smallest absolute Gasteiger partial charge is 0.341 e. The Hall–Kier alpha value is -1.88. The average Bonchev–Trinajstić information content (AvgIpc) is 2.73. The van der Waals surface area contributed by atoms with Crippen molar-refractivity contribution < 1.29 is 18.8 Å². The molecule has 0 fully saturated rings. The van der Waals surface area contributed by atoms with E-state index < -0.39 is 11.8 Å². The van der Waals surface area contributed by atoms with Gasteiger partial charge in [0, 0.05) is 17.0 Å². The molecular weight excluding hydrogens is 273 g/mol. The number of aryl methyl sites for hydroxylation is 1. The highest BCUT2D eigenvalue weighted by Crippen LogP contribution is 2.29. The van der Waals surface area contributed by atoms with E-state index in [-0.39, 0.29) is 27.6 Å². The minimum atomic E-state index is -1.19. The molecular formula is C13H11ClFNO3. The zero-order chi connectivity index (χ0) is 14.0. The highest BCUT2D eigenvalue weighted by atomic mass is 35.5. The number of aromatic nitrogens is 1. The third kappa shape index (κ3) is 2.61. The number of hydrogen-bond donors (Lipinski definition) is 1. The third-order valence-corrected chi connectivity index (χ3v) is 2.88. The van der Waals surface area contributed by atoms with Gasteiger partial charge in [-0.2, -0.15) is 0 Å². The lowest BCUT2D eigenvalue weighted by Crippen LogP contribution is -2.02. The van der Waals surface area contributed by atoms with Crippen LogP contribution in [0.5, 0.6) is 0 Å². The van der Waals surface area contributed by atoms with Crippen LogP contribution in [0.4, 0.5) is 4.39 Å². The fourth-order valence-corrected chi connectivity index (χ4v) is 1.97. The summed E-state index contributed by atoms with van der Waals surface area (Å²) in [6, 6.07) is 3.97. The predicted octanol–water partition coefficient (Wildman–Crippen LogP) is 3.78. The van der Waals surface area contributed by atoms with E-state index in [1.54, 1.807) is 0 Å². The van der Waals surface area contributed by atoms with Crippen molar-refractivity contribution in [1.29, 1.82) is 0 Å². The lowest BCUT2D eigenvalue weighted by molar-refractivity contribution is 0.0695. The molecule has 0 bridgehead atoms. The van der Waals surface area contributed by atoms with Gasteiger partial charge in [0.05, 0.1) is 0 Å². The summed E-state index contributed by atoms with van der Waals surface area (Å²) in [5.74, 6) is -1.57. The maximum absolute atomic E-state index is 13.8. The van der Waals surface area contributed by atoms with Gasteiger partial charge in [0.15, 0.2) is 5.76 Å². The number of carbonyl (C=O) groups is 1. The first-order valence-electron chi connectivity index (χ1n) is 5.71. The number of aromatic carboxylic acids is 1. The zero-order valence-electron chi connectivity index (χ0n) is 10.1. The second kappa shape index (κ2) is 5.40. The van der Waals surface area contributed by atoms with Crippen molar-refractivity contribution >= 4 is 17.6 Å². The minimum Gasteiger partial charge on any atom is -0.477 e. The van der Waals surface area contributed by atoms with Crippen LogP contribution < -0.4 is 0 Å². The molecule has 1 heterocycles. The van der Waals surface area contributed by atoms with Gasteiger partial charge >= 0.3 is 5.97 Å². The van der Waals surface area contributed by atoms with Gasteiger partial charge in [0.1, 0.15) is 17.1 Å². The molecule has 6 heteroatoms. The van der Waals surface area contributed by atoms with Crippen molar-refractivity contribution in [2.24, 2.45) is 0 Å². The molecule has 0 aliphatic carbocycles. The highest BCUT2D eigenvalue weighted by molar-refractivity contribution is 6.30. The van der Waals surface area contributed by atoms with Crippen LogP contribution in [0.3, 0.4) is 0 Å². The first-order chi connectivity index (χ1) is 9.04. The van der Waals surface area contributed by atoms with E-state index in [0.717, 1.165) is 6.07 Å². The number of benzene rings is 1. The van der Waals surface area contributed by atoms with E-state index >= 15 is 0 Å². The highest BCUT2D eigenvalue weighted by Gasteiger charge is 2.24. The van der Waals surface area contributed by atoms with E-state index in [0.29, 0.717) is 12.8 Å². The summed E-state index contributed by atoms with van der Waals surface area (Å²) in [5.41, 5.74) is -0.0407. The van der Waals surface area contributed by atoms with Crippen LogP contribution in [0, 0.1) is 5.82 Å². The van der Waals surface area contributed by atoms with E-state index in [9.17, 15) is 14.3 Å². The summed E-state index contributed by atoms with van der Waals surface area (Å²) in [4.78, 5) is 11.3. The van der Waals surface area contributed by atoms with Crippen LogP contribution in [0.15, 0.2) is 22.7 Å². The second-order valence-electron chi connectivity index (χ2n) is 4.01. The predicted molar refractivity (Wildman–Crippen MR) is 67.9 cm³/mol. The Morgan fingerprint density at radius 1 is 1.53 bits per heavy atom. The van der Waals surface area contributed by atoms with Gasteiger partial charge in [-0.3, -0.25) is 0 Å². The number of rotatable bonds is 4. The molecule has 19 heavy (non-hydrogen) atoms. The van der Waals surface area contributed by atoms with Crippen LogP contribution >= 0.6 is 11.6 Å². The molecule has 2 rings (SSSR count). The Bertz CT molecular complexity index is 624. The van der Waals surface area contributed by atoms with Crippen molar-refractivity contribution in [2.75, 3.05) is 0 Å². The first kappa shape index (κ1) is 13.5. The molecule has 1 aromatic carbocycles. The van der Waals surface area contributed by atoms with Gasteiger partial charge in [-0.15, -0.1) is 0 Å². The number of nitrogens with zero attached hydrogens (tertiary/aromatic N) is 1. The summed E-state index contributed by atoms with van der Waals surface area (Å²) in [7, 11) is 0. The normalized spacial score (nSPS) is 10.7. The Kier molecular flexibility index (Phi) is 3.85. The summed E-state index contributed by atoms with van der Waals surface area (Å²) in [6.07, 6.45) is 1.14. The van der Waals surface area contributed by atoms with Crippen LogP contribution in [0.1, 0.15) is 29.5 Å². The molecule has 0 amide bonds. The number of carboxylic acids is 1. The molecule has 0 atom stereocenters. The Morgan fingerprint density at radius 2 is 2.26 bits per heavy atom. The molecule has 100 valence electrons. The van der Waals surface area contributed by atoms with Crippen LogP contribution in [0.2, 0.25) is 5.02 Å². The Morgan fingerprint density at radius 3 is 2.84 bits per heavy atom. The maximum atomic E-state index is 13.8. The SMILES string of the molecule is CCCc1onc(-c2ccc(Cl)cc2F)c1C(=O)O. The molecule has 0 saturated heterocycles. The van der Waals surface area contributed by atoms with Crippen molar-refractivity contribution in [3.05, 3.63) is 40.4 Å². The summed E-state index contributed by atoms with van der Waals surface area (Å²) >= 11 is 5.66. The fourth-order valence-electron chi connectivity index (χ4n) is 1.81. The lowest BCUT2D eigenvalue weighted by atomic mass is 10.0. The van der Waals surface area contributed by atoms with Gasteiger partial charge in [-0.05, 0) is 24.6 Å². The molecule has 0 aliphatic heterocycles. The molecule has 4 nitrogen and oxygen atoms in total. The number of carboxylic acid groups (broad SMARTS) is 1. The van der Waals surface area contributed by atoms with Gasteiger partial charge < -0.3 is 9.63 Å². The van der Waals surface area contributed by atoms with Crippen molar-refractivity contribution in [3.8, 4) is 11.3 Å². The van der Waals surface area contributed by atoms with E-state index in [1.165, 1.54) is 12.1 Å². The van der Waals surface area contributed by atoms with Crippen molar-refractivity contribution in [3.63, 3.8) is 0 Å². The Balaban J connectivity index is 2.58. The van der Waals surface area contributed by atoms with Gasteiger partial charge in [-0.25, -0.2) is 9.18 Å². The molecule has 0 unspecified atom stereocenters. The van der Waals surface area contributed by atoms with E-state index in [2.05, 4.69) is 5.16 Å². The number of hydrogen-bond acceptors (Lipinski definition) is 3. The maximum Gasteiger partial charge on any atom is 0.341 e. The van der Waals surface area contributed by atoms with E-state index in [4.69, 9.17) is 16.1 Å². The molecule has 0 saturated carbocycles. The van der Waals surface area contributed by atoms with Gasteiger partial charge in [0.2, 0.25) is 0 Å². The van der Waals surface area contributed by atoms with Gasteiger partial charge in [0.25, 0.3) is 0 Å². The molecule has 1 aromatic heterocycles. The summed E-state index contributed by atoms with van der Waals surface area (Å²) in [5, 5.41) is 13.1. The molecule has 1 N–H and O–H groups in total. The molecule has 2 aromatic rings. The third-order valence-electron chi connectivity index (χ3n) is 2.64. The van der Waals surface area contributed by atoms with Crippen LogP contribution in [-0.4, -0.2) is 16.2 Å². The zero-order valence-corrected chi connectivity index (χ0v) is 10.9. The molecule has 0 spiro atoms. The Labute approximate surface area is 113 Å². The largest absolute Gasteiger partial charge is 0.477 e. The molecule has 0 radical (unpaired) electrons. The van der Waals surface area contributed by atoms with Crippen molar-refractivity contribution in [1.82, 2.24) is 5.16 Å². The first-order valence-corrected chi connectivity index (χ1v) is 6.09. The molecule has 0 aliphatic rings. The second-order valence-corrected chi connectivity index (χ2v) is 4.45. The topological polar surface area (TPSA) is 63.3 Å². The quantitative estimate of drug-likeness (QED) is 0.927. The van der Waals surface area contributed by atoms with E-state index in [1.807, 2.05) is 6.92 Å². The fraction of sp³-hybridized carbons (Fsp3) is 0.231. The summed E-state index contributed by atoms with van der Waals surface area (Å²) < 4.78 is 18.8. The standard InChI is InChI=1S/C13H11ClFNO3/c1-2-3-10-11(13(17)18)12(16-19-10)8-5-4-7(14)6-9(8)15/h4-6H,2-3H2,1H3,(H,17,18). The lowest BCUT2D eigenvalue weighted by Gasteiger charge is -2.01.